The molecular weight excluding hydrogens is 532 g/mol. The SMILES string of the molecule is CC1(C)c2cc(-c3ccccc3)ccc2N2c3cccc4c3N(c3ccc(-c5ccccc5)cc3C4(C)C)c3cccc1c32. The van der Waals surface area contributed by atoms with E-state index in [1.807, 2.05) is 0 Å². The molecule has 9 rings (SSSR count). The van der Waals surface area contributed by atoms with Crippen LogP contribution in [0, 0.1) is 0 Å². The van der Waals surface area contributed by atoms with Gasteiger partial charge in [0.05, 0.1) is 34.1 Å². The molecule has 0 spiro atoms. The van der Waals surface area contributed by atoms with Crippen LogP contribution in [0.2, 0.25) is 0 Å². The Morgan fingerprint density at radius 3 is 1.16 bits per heavy atom. The van der Waals surface area contributed by atoms with Crippen LogP contribution in [-0.2, 0) is 10.8 Å². The Morgan fingerprint density at radius 2 is 0.750 bits per heavy atom. The van der Waals surface area contributed by atoms with E-state index in [9.17, 15) is 0 Å². The Kier molecular flexibility index (Phi) is 5.05. The van der Waals surface area contributed by atoms with Gasteiger partial charge in [-0.2, -0.15) is 0 Å². The zero-order valence-corrected chi connectivity index (χ0v) is 25.6. The van der Waals surface area contributed by atoms with Crippen LogP contribution in [0.1, 0.15) is 49.9 Å². The van der Waals surface area contributed by atoms with E-state index < -0.39 is 0 Å². The van der Waals surface area contributed by atoms with Gasteiger partial charge in [-0.25, -0.2) is 0 Å². The molecule has 0 bridgehead atoms. The predicted molar refractivity (Wildman–Crippen MR) is 184 cm³/mol. The summed E-state index contributed by atoms with van der Waals surface area (Å²) in [4.78, 5) is 5.10. The highest BCUT2D eigenvalue weighted by Gasteiger charge is 2.47. The summed E-state index contributed by atoms with van der Waals surface area (Å²) in [6.07, 6.45) is 0. The lowest BCUT2D eigenvalue weighted by Crippen LogP contribution is -2.38. The van der Waals surface area contributed by atoms with Gasteiger partial charge in [0.2, 0.25) is 0 Å². The largest absolute Gasteiger partial charge is 0.306 e. The lowest BCUT2D eigenvalue weighted by molar-refractivity contribution is 0.623. The van der Waals surface area contributed by atoms with Gasteiger partial charge in [-0.3, -0.25) is 0 Å². The fourth-order valence-corrected chi connectivity index (χ4v) is 8.02. The molecule has 3 aliphatic rings. The first-order chi connectivity index (χ1) is 21.4. The predicted octanol–water partition coefficient (Wildman–Crippen LogP) is 11.6. The number of hydrogen-bond donors (Lipinski definition) is 0. The molecule has 0 aromatic heterocycles. The summed E-state index contributed by atoms with van der Waals surface area (Å²) in [5, 5.41) is 0. The minimum atomic E-state index is -0.174. The fraction of sp³-hybridized carbons (Fsp3) is 0.143. The molecule has 0 N–H and O–H groups in total. The van der Waals surface area contributed by atoms with Crippen LogP contribution in [-0.4, -0.2) is 0 Å². The molecular formula is C42H34N2. The molecule has 0 radical (unpaired) electrons. The summed E-state index contributed by atoms with van der Waals surface area (Å²) in [7, 11) is 0. The van der Waals surface area contributed by atoms with Crippen molar-refractivity contribution in [2.75, 3.05) is 9.80 Å². The third-order valence-corrected chi connectivity index (χ3v) is 10.3. The van der Waals surface area contributed by atoms with Gasteiger partial charge in [0.25, 0.3) is 0 Å². The maximum absolute atomic E-state index is 2.55. The van der Waals surface area contributed by atoms with Gasteiger partial charge in [-0.05, 0) is 80.9 Å². The van der Waals surface area contributed by atoms with Gasteiger partial charge in [-0.15, -0.1) is 0 Å². The molecule has 2 heteroatoms. The van der Waals surface area contributed by atoms with Gasteiger partial charge in [-0.1, -0.05) is 125 Å². The third kappa shape index (κ3) is 3.26. The van der Waals surface area contributed by atoms with E-state index in [0.29, 0.717) is 0 Å². The minimum absolute atomic E-state index is 0.174. The molecule has 44 heavy (non-hydrogen) atoms. The first-order valence-corrected chi connectivity index (χ1v) is 15.6. The van der Waals surface area contributed by atoms with E-state index >= 15 is 0 Å². The molecule has 0 unspecified atom stereocenters. The van der Waals surface area contributed by atoms with Crippen molar-refractivity contribution >= 4 is 34.1 Å². The molecule has 2 nitrogen and oxygen atoms in total. The second-order valence-corrected chi connectivity index (χ2v) is 13.5. The van der Waals surface area contributed by atoms with E-state index in [2.05, 4.69) is 171 Å². The highest BCUT2D eigenvalue weighted by atomic mass is 15.3. The van der Waals surface area contributed by atoms with E-state index in [1.165, 1.54) is 78.6 Å². The number of nitrogens with zero attached hydrogens (tertiary/aromatic N) is 2. The van der Waals surface area contributed by atoms with Gasteiger partial charge < -0.3 is 9.80 Å². The van der Waals surface area contributed by atoms with Crippen molar-refractivity contribution in [1.82, 2.24) is 0 Å². The zero-order chi connectivity index (χ0) is 29.8. The first-order valence-electron chi connectivity index (χ1n) is 15.6. The van der Waals surface area contributed by atoms with Crippen LogP contribution in [0.3, 0.4) is 0 Å². The van der Waals surface area contributed by atoms with Crippen LogP contribution in [0.15, 0.2) is 133 Å². The maximum Gasteiger partial charge on any atom is 0.0744 e. The van der Waals surface area contributed by atoms with Crippen LogP contribution in [0.5, 0.6) is 0 Å². The molecule has 212 valence electrons. The average Bonchev–Trinajstić information content (AvgIpc) is 3.06. The number of anilines is 6. The number of fused-ring (bicyclic) bond motifs is 6. The Morgan fingerprint density at radius 1 is 0.341 bits per heavy atom. The smallest absolute Gasteiger partial charge is 0.0744 e. The Bertz CT molecular complexity index is 1970. The Labute approximate surface area is 259 Å². The summed E-state index contributed by atoms with van der Waals surface area (Å²) in [6, 6.07) is 49.5. The normalized spacial score (nSPS) is 16.0. The van der Waals surface area contributed by atoms with Crippen LogP contribution < -0.4 is 9.80 Å². The summed E-state index contributed by atoms with van der Waals surface area (Å²) in [6.45, 7) is 9.55. The monoisotopic (exact) mass is 566 g/mol. The van der Waals surface area contributed by atoms with Crippen molar-refractivity contribution < 1.29 is 0 Å². The van der Waals surface area contributed by atoms with Gasteiger partial charge in [0.1, 0.15) is 0 Å². The topological polar surface area (TPSA) is 6.48 Å². The zero-order valence-electron chi connectivity index (χ0n) is 25.6. The van der Waals surface area contributed by atoms with Gasteiger partial charge >= 0.3 is 0 Å². The molecule has 0 amide bonds. The van der Waals surface area contributed by atoms with E-state index in [1.54, 1.807) is 0 Å². The van der Waals surface area contributed by atoms with Crippen molar-refractivity contribution in [1.29, 1.82) is 0 Å². The molecule has 3 heterocycles. The minimum Gasteiger partial charge on any atom is -0.306 e. The first kappa shape index (κ1) is 25.4. The third-order valence-electron chi connectivity index (χ3n) is 10.3. The molecule has 0 aliphatic carbocycles. The van der Waals surface area contributed by atoms with Crippen molar-refractivity contribution in [3.8, 4) is 22.3 Å². The molecule has 6 aromatic rings. The molecule has 0 saturated carbocycles. The molecule has 0 saturated heterocycles. The molecule has 0 fully saturated rings. The van der Waals surface area contributed by atoms with Crippen LogP contribution in [0.25, 0.3) is 22.3 Å². The van der Waals surface area contributed by atoms with E-state index in [0.717, 1.165) is 0 Å². The van der Waals surface area contributed by atoms with Crippen molar-refractivity contribution in [2.45, 2.75) is 38.5 Å². The van der Waals surface area contributed by atoms with Crippen molar-refractivity contribution in [3.63, 3.8) is 0 Å². The fourth-order valence-electron chi connectivity index (χ4n) is 8.02. The number of rotatable bonds is 2. The summed E-state index contributed by atoms with van der Waals surface area (Å²) >= 11 is 0. The van der Waals surface area contributed by atoms with Crippen LogP contribution in [0.4, 0.5) is 34.1 Å². The Hall–Kier alpha value is -5.08. The second kappa shape index (κ2) is 8.74. The quantitative estimate of drug-likeness (QED) is 0.205. The number of hydrogen-bond acceptors (Lipinski definition) is 2. The highest BCUT2D eigenvalue weighted by Crippen LogP contribution is 2.65. The lowest BCUT2D eigenvalue weighted by atomic mass is 9.69. The number of benzene rings is 6. The standard InChI is InChI=1S/C42H34N2/c1-41(2)31-17-11-19-37-39(31)43(35-23-21-29(25-33(35)41)27-13-7-5-8-14-27)38-20-12-18-32-40(38)44(37)36-24-22-30(26-34(36)42(32,3)4)28-15-9-6-10-16-28/h5-26H,1-4H3. The molecule has 3 aliphatic heterocycles. The second-order valence-electron chi connectivity index (χ2n) is 13.5. The van der Waals surface area contributed by atoms with Crippen LogP contribution >= 0.6 is 0 Å². The molecule has 6 aromatic carbocycles. The van der Waals surface area contributed by atoms with Gasteiger partial charge in [0, 0.05) is 10.8 Å². The summed E-state index contributed by atoms with van der Waals surface area (Å²) in [5.74, 6) is 0. The van der Waals surface area contributed by atoms with Gasteiger partial charge in [0.15, 0.2) is 0 Å². The Balaban J connectivity index is 1.32. The van der Waals surface area contributed by atoms with E-state index in [-0.39, 0.29) is 10.8 Å². The average molecular weight is 567 g/mol. The van der Waals surface area contributed by atoms with E-state index in [4.69, 9.17) is 0 Å². The molecule has 0 atom stereocenters. The summed E-state index contributed by atoms with van der Waals surface area (Å²) in [5.41, 5.74) is 17.7. The van der Waals surface area contributed by atoms with Crippen molar-refractivity contribution in [2.24, 2.45) is 0 Å². The number of para-hydroxylation sites is 2. The van der Waals surface area contributed by atoms with Crippen molar-refractivity contribution in [3.05, 3.63) is 156 Å². The maximum atomic E-state index is 2.55. The lowest BCUT2D eigenvalue weighted by Gasteiger charge is -2.52. The highest BCUT2D eigenvalue weighted by molar-refractivity contribution is 6.08. The summed E-state index contributed by atoms with van der Waals surface area (Å²) < 4.78 is 0.